The standard InChI is InChI=1S/C18H16O/c1-2-6-18(19)17-10-5-9-15-14-8-4-3-7-13(14)11-12-16(15)17/h3-5,7-12H,2,6H2,1H3. The molecule has 19 heavy (non-hydrogen) atoms. The van der Waals surface area contributed by atoms with Crippen molar-refractivity contribution in [2.75, 3.05) is 0 Å². The Morgan fingerprint density at radius 3 is 2.47 bits per heavy atom. The number of ketones is 1. The molecule has 0 aliphatic rings. The van der Waals surface area contributed by atoms with Crippen LogP contribution in [0.5, 0.6) is 0 Å². The summed E-state index contributed by atoms with van der Waals surface area (Å²) < 4.78 is 0. The highest BCUT2D eigenvalue weighted by molar-refractivity contribution is 6.15. The lowest BCUT2D eigenvalue weighted by Crippen LogP contribution is -1.99. The summed E-state index contributed by atoms with van der Waals surface area (Å²) in [7, 11) is 0. The van der Waals surface area contributed by atoms with Gasteiger partial charge >= 0.3 is 0 Å². The molecule has 0 unspecified atom stereocenters. The largest absolute Gasteiger partial charge is 0.294 e. The summed E-state index contributed by atoms with van der Waals surface area (Å²) in [5.74, 6) is 0.239. The third-order valence-corrected chi connectivity index (χ3v) is 3.56. The van der Waals surface area contributed by atoms with E-state index in [9.17, 15) is 4.79 Å². The first-order valence-corrected chi connectivity index (χ1v) is 6.75. The molecule has 3 aromatic carbocycles. The van der Waals surface area contributed by atoms with Crippen LogP contribution in [0.3, 0.4) is 0 Å². The number of benzene rings is 3. The van der Waals surface area contributed by atoms with E-state index in [0.29, 0.717) is 6.42 Å². The van der Waals surface area contributed by atoms with Gasteiger partial charge in [-0.05, 0) is 28.0 Å². The molecule has 0 aromatic heterocycles. The third kappa shape index (κ3) is 2.01. The Morgan fingerprint density at radius 1 is 0.842 bits per heavy atom. The molecule has 3 rings (SSSR count). The molecule has 0 heterocycles. The minimum atomic E-state index is 0.239. The van der Waals surface area contributed by atoms with Crippen molar-refractivity contribution in [1.82, 2.24) is 0 Å². The second-order valence-electron chi connectivity index (χ2n) is 4.86. The molecule has 0 bridgehead atoms. The van der Waals surface area contributed by atoms with Crippen LogP contribution in [0, 0.1) is 0 Å². The lowest BCUT2D eigenvalue weighted by molar-refractivity contribution is 0.0983. The van der Waals surface area contributed by atoms with Gasteiger partial charge in [0.15, 0.2) is 5.78 Å². The molecule has 0 radical (unpaired) electrons. The minimum absolute atomic E-state index is 0.239. The van der Waals surface area contributed by atoms with E-state index in [1.54, 1.807) is 0 Å². The van der Waals surface area contributed by atoms with E-state index in [4.69, 9.17) is 0 Å². The van der Waals surface area contributed by atoms with Crippen molar-refractivity contribution in [3.8, 4) is 0 Å². The van der Waals surface area contributed by atoms with Gasteiger partial charge in [-0.3, -0.25) is 4.79 Å². The number of fused-ring (bicyclic) bond motifs is 3. The summed E-state index contributed by atoms with van der Waals surface area (Å²) in [5, 5.41) is 4.67. The van der Waals surface area contributed by atoms with Gasteiger partial charge in [0.25, 0.3) is 0 Å². The SMILES string of the molecule is CCCC(=O)c1cccc2c1ccc1ccccc12. The van der Waals surface area contributed by atoms with Crippen molar-refractivity contribution >= 4 is 27.3 Å². The third-order valence-electron chi connectivity index (χ3n) is 3.56. The van der Waals surface area contributed by atoms with E-state index in [2.05, 4.69) is 30.3 Å². The Bertz CT molecular complexity index is 756. The van der Waals surface area contributed by atoms with Gasteiger partial charge in [-0.2, -0.15) is 0 Å². The topological polar surface area (TPSA) is 17.1 Å². The highest BCUT2D eigenvalue weighted by atomic mass is 16.1. The summed E-state index contributed by atoms with van der Waals surface area (Å²) in [4.78, 5) is 12.2. The molecule has 0 saturated heterocycles. The maximum absolute atomic E-state index is 12.2. The van der Waals surface area contributed by atoms with Crippen molar-refractivity contribution in [1.29, 1.82) is 0 Å². The number of Topliss-reactive ketones (excluding diaryl/α,β-unsaturated/α-hetero) is 1. The predicted molar refractivity (Wildman–Crippen MR) is 80.7 cm³/mol. The fourth-order valence-corrected chi connectivity index (χ4v) is 2.65. The molecule has 94 valence electrons. The van der Waals surface area contributed by atoms with E-state index in [1.165, 1.54) is 16.2 Å². The molecule has 0 aliphatic carbocycles. The number of rotatable bonds is 3. The number of hydrogen-bond acceptors (Lipinski definition) is 1. The van der Waals surface area contributed by atoms with Crippen LogP contribution < -0.4 is 0 Å². The Balaban J connectivity index is 2.32. The molecule has 0 fully saturated rings. The van der Waals surface area contributed by atoms with Crippen molar-refractivity contribution in [3.63, 3.8) is 0 Å². The summed E-state index contributed by atoms with van der Waals surface area (Å²) in [5.41, 5.74) is 0.852. The fraction of sp³-hybridized carbons (Fsp3) is 0.167. The van der Waals surface area contributed by atoms with Gasteiger partial charge in [0.2, 0.25) is 0 Å². The molecule has 0 aliphatic heterocycles. The maximum atomic E-state index is 12.2. The Kier molecular flexibility index (Phi) is 3.04. The molecule has 0 N–H and O–H groups in total. The van der Waals surface area contributed by atoms with E-state index in [0.717, 1.165) is 17.4 Å². The average Bonchev–Trinajstić information content (AvgIpc) is 2.46. The van der Waals surface area contributed by atoms with Crippen LogP contribution in [0.2, 0.25) is 0 Å². The van der Waals surface area contributed by atoms with Gasteiger partial charge in [0, 0.05) is 12.0 Å². The van der Waals surface area contributed by atoms with Crippen LogP contribution in [0.25, 0.3) is 21.5 Å². The summed E-state index contributed by atoms with van der Waals surface area (Å²) in [6.45, 7) is 2.04. The summed E-state index contributed by atoms with van der Waals surface area (Å²) in [6, 6.07) is 18.5. The zero-order valence-electron chi connectivity index (χ0n) is 11.0. The molecule has 0 saturated carbocycles. The molecular formula is C18H16O. The normalized spacial score (nSPS) is 11.0. The van der Waals surface area contributed by atoms with Gasteiger partial charge < -0.3 is 0 Å². The Labute approximate surface area is 112 Å². The molecule has 1 nitrogen and oxygen atoms in total. The van der Waals surface area contributed by atoms with Crippen LogP contribution in [-0.2, 0) is 0 Å². The molecule has 0 atom stereocenters. The molecule has 3 aromatic rings. The van der Waals surface area contributed by atoms with Crippen molar-refractivity contribution in [2.45, 2.75) is 19.8 Å². The maximum Gasteiger partial charge on any atom is 0.163 e. The van der Waals surface area contributed by atoms with Crippen molar-refractivity contribution in [2.24, 2.45) is 0 Å². The zero-order valence-corrected chi connectivity index (χ0v) is 11.0. The quantitative estimate of drug-likeness (QED) is 0.472. The zero-order chi connectivity index (χ0) is 13.2. The molecular weight excluding hydrogens is 232 g/mol. The lowest BCUT2D eigenvalue weighted by Gasteiger charge is -2.08. The van der Waals surface area contributed by atoms with Gasteiger partial charge in [0.05, 0.1) is 0 Å². The first kappa shape index (κ1) is 11.9. The molecule has 1 heteroatoms. The van der Waals surface area contributed by atoms with Crippen molar-refractivity contribution in [3.05, 3.63) is 60.2 Å². The highest BCUT2D eigenvalue weighted by Gasteiger charge is 2.10. The summed E-state index contributed by atoms with van der Waals surface area (Å²) in [6.07, 6.45) is 1.51. The van der Waals surface area contributed by atoms with E-state index in [1.807, 2.05) is 31.2 Å². The smallest absolute Gasteiger partial charge is 0.163 e. The van der Waals surface area contributed by atoms with E-state index in [-0.39, 0.29) is 5.78 Å². The van der Waals surface area contributed by atoms with Gasteiger partial charge in [-0.1, -0.05) is 61.5 Å². The van der Waals surface area contributed by atoms with Gasteiger partial charge in [0.1, 0.15) is 0 Å². The second kappa shape index (κ2) is 4.85. The van der Waals surface area contributed by atoms with E-state index < -0.39 is 0 Å². The van der Waals surface area contributed by atoms with Crippen molar-refractivity contribution < 1.29 is 4.79 Å². The second-order valence-corrected chi connectivity index (χ2v) is 4.86. The van der Waals surface area contributed by atoms with Crippen LogP contribution >= 0.6 is 0 Å². The number of hydrogen-bond donors (Lipinski definition) is 0. The average molecular weight is 248 g/mol. The van der Waals surface area contributed by atoms with Gasteiger partial charge in [-0.25, -0.2) is 0 Å². The number of carbonyl (C=O) groups is 1. The first-order valence-electron chi connectivity index (χ1n) is 6.75. The molecule has 0 spiro atoms. The summed E-state index contributed by atoms with van der Waals surface area (Å²) >= 11 is 0. The highest BCUT2D eigenvalue weighted by Crippen LogP contribution is 2.28. The monoisotopic (exact) mass is 248 g/mol. The molecule has 0 amide bonds. The minimum Gasteiger partial charge on any atom is -0.294 e. The van der Waals surface area contributed by atoms with Crippen LogP contribution in [0.1, 0.15) is 30.1 Å². The fourth-order valence-electron chi connectivity index (χ4n) is 2.65. The van der Waals surface area contributed by atoms with Crippen LogP contribution in [0.15, 0.2) is 54.6 Å². The number of carbonyl (C=O) groups excluding carboxylic acids is 1. The Morgan fingerprint density at radius 2 is 1.63 bits per heavy atom. The predicted octanol–water partition coefficient (Wildman–Crippen LogP) is 4.98. The first-order chi connectivity index (χ1) is 9.31. The van der Waals surface area contributed by atoms with Gasteiger partial charge in [-0.15, -0.1) is 0 Å². The van der Waals surface area contributed by atoms with Crippen LogP contribution in [-0.4, -0.2) is 5.78 Å². The Hall–Kier alpha value is -2.15. The van der Waals surface area contributed by atoms with Crippen LogP contribution in [0.4, 0.5) is 0 Å². The van der Waals surface area contributed by atoms with E-state index >= 15 is 0 Å². The lowest BCUT2D eigenvalue weighted by atomic mass is 9.95.